The van der Waals surface area contributed by atoms with Crippen molar-refractivity contribution in [2.45, 2.75) is 37.2 Å². The molecule has 1 amide bonds. The van der Waals surface area contributed by atoms with Crippen molar-refractivity contribution in [2.24, 2.45) is 0 Å². The van der Waals surface area contributed by atoms with Gasteiger partial charge in [-0.2, -0.15) is 13.9 Å². The van der Waals surface area contributed by atoms with E-state index < -0.39 is 20.6 Å². The van der Waals surface area contributed by atoms with Gasteiger partial charge < -0.3 is 23.8 Å². The van der Waals surface area contributed by atoms with Crippen molar-refractivity contribution in [1.82, 2.24) is 24.5 Å². The highest BCUT2D eigenvalue weighted by atomic mass is 32.2. The predicted molar refractivity (Wildman–Crippen MR) is 144 cm³/mol. The van der Waals surface area contributed by atoms with Crippen LogP contribution in [-0.2, 0) is 8.92 Å². The van der Waals surface area contributed by atoms with Crippen LogP contribution in [0, 0.1) is 0 Å². The molecule has 0 atom stereocenters. The van der Waals surface area contributed by atoms with Crippen molar-refractivity contribution in [2.75, 3.05) is 25.8 Å². The Morgan fingerprint density at radius 2 is 2.03 bits per heavy atom. The minimum absolute atomic E-state index is 0.149. The summed E-state index contributed by atoms with van der Waals surface area (Å²) in [6.07, 6.45) is 5.92. The van der Waals surface area contributed by atoms with Crippen LogP contribution in [0.25, 0.3) is 16.9 Å². The Bertz CT molecular complexity index is 1430. The molecule has 0 fully saturated rings. The van der Waals surface area contributed by atoms with Crippen LogP contribution in [0.3, 0.4) is 0 Å². The summed E-state index contributed by atoms with van der Waals surface area (Å²) in [5, 5.41) is 11.1. The van der Waals surface area contributed by atoms with E-state index in [1.54, 1.807) is 30.6 Å². The van der Waals surface area contributed by atoms with E-state index in [1.807, 2.05) is 0 Å². The summed E-state index contributed by atoms with van der Waals surface area (Å²) in [7, 11) is 0.169. The number of ether oxygens (including phenoxy) is 2. The third kappa shape index (κ3) is 7.32. The monoisotopic (exact) mass is 578 g/mol. The number of nitrogens with zero attached hydrogens (tertiary/aromatic N) is 5. The average molecular weight is 579 g/mol. The smallest absolute Gasteiger partial charge is 0.387 e. The van der Waals surface area contributed by atoms with Crippen LogP contribution in [0.4, 0.5) is 14.5 Å². The molecule has 3 heterocycles. The molecule has 15 heteroatoms. The maximum Gasteiger partial charge on any atom is 0.387 e. The first kappa shape index (κ1) is 28.5. The van der Waals surface area contributed by atoms with E-state index in [-0.39, 0.29) is 35.1 Å². The minimum Gasteiger partial charge on any atom is -0.434 e. The number of anilines is 1. The van der Waals surface area contributed by atoms with Gasteiger partial charge in [0.1, 0.15) is 17.0 Å². The average Bonchev–Trinajstić information content (AvgIpc) is 3.48. The molecule has 1 N–H and O–H groups in total. The first-order valence-electron chi connectivity index (χ1n) is 11.8. The van der Waals surface area contributed by atoms with Gasteiger partial charge in [-0.1, -0.05) is 24.5 Å². The number of hydrogen-bond donors (Lipinski definition) is 1. The number of nitrogens with one attached hydrogen (secondary N) is 1. The third-order valence-electron chi connectivity index (χ3n) is 5.37. The normalized spacial score (nSPS) is 11.8. The van der Waals surface area contributed by atoms with Crippen LogP contribution in [-0.4, -0.2) is 65.6 Å². The van der Waals surface area contributed by atoms with Crippen LogP contribution >= 0.6 is 12.0 Å². The van der Waals surface area contributed by atoms with E-state index in [1.165, 1.54) is 30.1 Å². The predicted octanol–water partition coefficient (Wildman–Crippen LogP) is 4.84. The number of alkyl halides is 2. The highest BCUT2D eigenvalue weighted by molar-refractivity contribution is 7.94. The van der Waals surface area contributed by atoms with Crippen LogP contribution in [0.5, 0.6) is 5.75 Å². The lowest BCUT2D eigenvalue weighted by atomic mass is 10.1. The Kier molecular flexibility index (Phi) is 9.16. The number of fused-ring (bicyclic) bond motifs is 1. The molecule has 1 aromatic carbocycles. The van der Waals surface area contributed by atoms with Crippen LogP contribution in [0.2, 0.25) is 25.7 Å². The molecular weight excluding hydrogens is 550 g/mol. The molecule has 0 aliphatic rings. The molecule has 0 bridgehead atoms. The second kappa shape index (κ2) is 12.5. The Hall–Kier alpha value is -3.53. The molecule has 4 aromatic rings. The van der Waals surface area contributed by atoms with Gasteiger partial charge in [0.2, 0.25) is 6.79 Å². The van der Waals surface area contributed by atoms with Gasteiger partial charge in [0, 0.05) is 49.6 Å². The molecule has 0 saturated carbocycles. The van der Waals surface area contributed by atoms with E-state index in [4.69, 9.17) is 18.5 Å². The second-order valence-corrected chi connectivity index (χ2v) is 16.0. The maximum absolute atomic E-state index is 13.3. The molecule has 0 radical (unpaired) electrons. The lowest BCUT2D eigenvalue weighted by Crippen LogP contribution is -2.24. The third-order valence-corrected chi connectivity index (χ3v) is 7.68. The number of benzene rings is 1. The van der Waals surface area contributed by atoms with Gasteiger partial charge in [0.25, 0.3) is 5.91 Å². The fraction of sp³-hybridized carbons (Fsp3) is 0.333. The summed E-state index contributed by atoms with van der Waals surface area (Å²) < 4.78 is 43.6. The maximum atomic E-state index is 13.3. The summed E-state index contributed by atoms with van der Waals surface area (Å²) >= 11 is 1.03. The fourth-order valence-electron chi connectivity index (χ4n) is 3.51. The van der Waals surface area contributed by atoms with Gasteiger partial charge in [-0.15, -0.1) is 5.10 Å². The zero-order chi connectivity index (χ0) is 28.0. The first-order valence-corrected chi connectivity index (χ1v) is 16.3. The van der Waals surface area contributed by atoms with Crippen molar-refractivity contribution < 1.29 is 32.1 Å². The summed E-state index contributed by atoms with van der Waals surface area (Å²) in [5.74, 6) is -0.682. The van der Waals surface area contributed by atoms with Gasteiger partial charge in [-0.3, -0.25) is 4.79 Å². The molecule has 208 valence electrons. The van der Waals surface area contributed by atoms with Crippen LogP contribution in [0.1, 0.15) is 10.4 Å². The molecule has 0 saturated heterocycles. The SMILES string of the molecule is COSc1ccc(OC(F)F)c(-c2c(NC(=O)c3cnn4cccnc34)cnn2OCOCC[Si](C)(C)C)c1. The molecule has 3 aromatic heterocycles. The van der Waals surface area contributed by atoms with Gasteiger partial charge >= 0.3 is 6.61 Å². The van der Waals surface area contributed by atoms with E-state index in [9.17, 15) is 13.6 Å². The topological polar surface area (TPSA) is 114 Å². The largest absolute Gasteiger partial charge is 0.434 e. The van der Waals surface area contributed by atoms with Crippen molar-refractivity contribution in [3.05, 3.63) is 54.6 Å². The number of rotatable bonds is 13. The molecule has 0 aliphatic heterocycles. The number of carbonyl (C=O) groups is 1. The standard InChI is InChI=1S/C24H28F2N6O5SSi/c1-34-38-16-6-7-20(37-24(25)26)17(12-16)21-19(14-29-32(21)36-15-35-10-11-39(2,3)4)30-23(33)18-13-28-31-9-5-8-27-22(18)31/h5-9,12-14,24H,10-11,15H2,1-4H3,(H,30,33). The Morgan fingerprint density at radius 3 is 2.77 bits per heavy atom. The number of aromatic nitrogens is 5. The van der Waals surface area contributed by atoms with Crippen molar-refractivity contribution in [3.8, 4) is 17.0 Å². The first-order chi connectivity index (χ1) is 18.7. The molecule has 0 spiro atoms. The van der Waals surface area contributed by atoms with E-state index in [0.29, 0.717) is 17.1 Å². The summed E-state index contributed by atoms with van der Waals surface area (Å²) in [6, 6.07) is 7.13. The highest BCUT2D eigenvalue weighted by Gasteiger charge is 2.24. The Labute approximate surface area is 228 Å². The zero-order valence-corrected chi connectivity index (χ0v) is 23.6. The summed E-state index contributed by atoms with van der Waals surface area (Å²) in [4.78, 5) is 24.9. The van der Waals surface area contributed by atoms with Crippen LogP contribution < -0.4 is 14.9 Å². The number of amides is 1. The number of carbonyl (C=O) groups excluding carboxylic acids is 1. The number of halogens is 2. The van der Waals surface area contributed by atoms with Crippen molar-refractivity contribution >= 4 is 37.4 Å². The lowest BCUT2D eigenvalue weighted by Gasteiger charge is -2.17. The van der Waals surface area contributed by atoms with Crippen molar-refractivity contribution in [3.63, 3.8) is 0 Å². The summed E-state index contributed by atoms with van der Waals surface area (Å²) in [6.45, 7) is 3.95. The summed E-state index contributed by atoms with van der Waals surface area (Å²) in [5.41, 5.74) is 1.07. The van der Waals surface area contributed by atoms with Gasteiger partial charge in [0.05, 0.1) is 25.2 Å². The Morgan fingerprint density at radius 1 is 1.21 bits per heavy atom. The van der Waals surface area contributed by atoms with Gasteiger partial charge in [-0.05, 0) is 30.3 Å². The lowest BCUT2D eigenvalue weighted by molar-refractivity contribution is -0.0662. The Balaban J connectivity index is 1.69. The highest BCUT2D eigenvalue weighted by Crippen LogP contribution is 2.38. The van der Waals surface area contributed by atoms with E-state index >= 15 is 0 Å². The zero-order valence-electron chi connectivity index (χ0n) is 21.8. The van der Waals surface area contributed by atoms with Gasteiger partial charge in [0.15, 0.2) is 5.65 Å². The molecule has 0 unspecified atom stereocenters. The van der Waals surface area contributed by atoms with E-state index in [0.717, 1.165) is 22.9 Å². The van der Waals surface area contributed by atoms with Gasteiger partial charge in [-0.25, -0.2) is 9.50 Å². The van der Waals surface area contributed by atoms with E-state index in [2.05, 4.69) is 40.1 Å². The van der Waals surface area contributed by atoms with Crippen molar-refractivity contribution in [1.29, 1.82) is 0 Å². The molecular formula is C24H28F2N6O5SSi. The molecule has 11 nitrogen and oxygen atoms in total. The van der Waals surface area contributed by atoms with Crippen LogP contribution in [0.15, 0.2) is 53.9 Å². The molecule has 0 aliphatic carbocycles. The molecule has 39 heavy (non-hydrogen) atoms. The number of hydrogen-bond acceptors (Lipinski definition) is 9. The second-order valence-electron chi connectivity index (χ2n) is 9.43. The minimum atomic E-state index is -3.09. The molecule has 4 rings (SSSR count). The fourth-order valence-corrected chi connectivity index (χ4v) is 4.75. The quantitative estimate of drug-likeness (QED) is 0.103.